The van der Waals surface area contributed by atoms with Crippen molar-refractivity contribution in [2.24, 2.45) is 4.99 Å². The van der Waals surface area contributed by atoms with Crippen molar-refractivity contribution in [3.8, 4) is 0 Å². The smallest absolute Gasteiger partial charge is 0.191 e. The van der Waals surface area contributed by atoms with E-state index in [0.717, 1.165) is 56.3 Å². The van der Waals surface area contributed by atoms with E-state index in [-0.39, 0.29) is 0 Å². The first-order valence-corrected chi connectivity index (χ1v) is 10.2. The minimum atomic E-state index is 0.575. The summed E-state index contributed by atoms with van der Waals surface area (Å²) >= 11 is 0. The van der Waals surface area contributed by atoms with Gasteiger partial charge in [0, 0.05) is 57.1 Å². The zero-order chi connectivity index (χ0) is 19.6. The molecule has 2 rings (SSSR count). The van der Waals surface area contributed by atoms with Crippen LogP contribution in [-0.2, 0) is 6.42 Å². The third-order valence-electron chi connectivity index (χ3n) is 4.60. The quantitative estimate of drug-likeness (QED) is 0.382. The van der Waals surface area contributed by atoms with Crippen molar-refractivity contribution < 1.29 is 0 Å². The van der Waals surface area contributed by atoms with Crippen LogP contribution in [0.1, 0.15) is 46.7 Å². The number of imidazole rings is 1. The molecule has 0 bridgehead atoms. The lowest BCUT2D eigenvalue weighted by atomic mass is 10.2. The van der Waals surface area contributed by atoms with Gasteiger partial charge >= 0.3 is 0 Å². The third kappa shape index (κ3) is 6.86. The standard InChI is InChI=1S/C21H36N6/c1-6-22-21(23-12-9-15-27(17(2)3)18(4)5)24-13-11-19-16-26-14-8-7-10-20(26)25-19/h7-8,10,14,16-18H,6,9,11-13,15H2,1-5H3,(H2,22,23,24). The first-order chi connectivity index (χ1) is 13.0. The number of aliphatic imine (C=N–C) groups is 1. The lowest BCUT2D eigenvalue weighted by Crippen LogP contribution is -2.39. The number of nitrogens with zero attached hydrogens (tertiary/aromatic N) is 4. The zero-order valence-electron chi connectivity index (χ0n) is 17.6. The Morgan fingerprint density at radius 1 is 1.19 bits per heavy atom. The molecule has 6 heteroatoms. The van der Waals surface area contributed by atoms with E-state index in [4.69, 9.17) is 4.99 Å². The Balaban J connectivity index is 1.79. The van der Waals surface area contributed by atoms with Gasteiger partial charge in [-0.05, 0) is 53.2 Å². The van der Waals surface area contributed by atoms with Crippen molar-refractivity contribution in [3.05, 3.63) is 36.3 Å². The van der Waals surface area contributed by atoms with Crippen LogP contribution in [0.3, 0.4) is 0 Å². The van der Waals surface area contributed by atoms with Gasteiger partial charge < -0.3 is 15.0 Å². The van der Waals surface area contributed by atoms with E-state index >= 15 is 0 Å². The van der Waals surface area contributed by atoms with Gasteiger partial charge in [-0.2, -0.15) is 0 Å². The lowest BCUT2D eigenvalue weighted by Gasteiger charge is -2.30. The predicted molar refractivity (Wildman–Crippen MR) is 114 cm³/mol. The van der Waals surface area contributed by atoms with Crippen LogP contribution >= 0.6 is 0 Å². The second-order valence-electron chi connectivity index (χ2n) is 7.41. The maximum absolute atomic E-state index is 4.72. The number of guanidine groups is 1. The fourth-order valence-electron chi connectivity index (χ4n) is 3.32. The van der Waals surface area contributed by atoms with Crippen molar-refractivity contribution in [2.45, 2.75) is 59.5 Å². The first kappa shape index (κ1) is 21.2. The van der Waals surface area contributed by atoms with Gasteiger partial charge in [-0.25, -0.2) is 4.98 Å². The maximum atomic E-state index is 4.72. The third-order valence-corrected chi connectivity index (χ3v) is 4.60. The summed E-state index contributed by atoms with van der Waals surface area (Å²) in [6.07, 6.45) is 6.07. The highest BCUT2D eigenvalue weighted by molar-refractivity contribution is 5.79. The Morgan fingerprint density at radius 2 is 1.96 bits per heavy atom. The molecular weight excluding hydrogens is 336 g/mol. The van der Waals surface area contributed by atoms with Crippen LogP contribution in [0.4, 0.5) is 0 Å². The second kappa shape index (κ2) is 10.9. The summed E-state index contributed by atoms with van der Waals surface area (Å²) in [7, 11) is 0. The molecule has 0 aliphatic rings. The molecule has 0 aromatic carbocycles. The van der Waals surface area contributed by atoms with Crippen molar-refractivity contribution in [1.29, 1.82) is 0 Å². The van der Waals surface area contributed by atoms with E-state index in [2.05, 4.69) is 65.7 Å². The van der Waals surface area contributed by atoms with Gasteiger partial charge in [-0.1, -0.05) is 6.07 Å². The normalized spacial score (nSPS) is 12.5. The predicted octanol–water partition coefficient (Wildman–Crippen LogP) is 2.94. The zero-order valence-corrected chi connectivity index (χ0v) is 17.6. The molecule has 2 aromatic rings. The van der Waals surface area contributed by atoms with Crippen molar-refractivity contribution >= 4 is 11.6 Å². The van der Waals surface area contributed by atoms with Crippen LogP contribution in [0.25, 0.3) is 5.65 Å². The molecule has 150 valence electrons. The summed E-state index contributed by atoms with van der Waals surface area (Å²) in [5, 5.41) is 6.75. The van der Waals surface area contributed by atoms with Crippen LogP contribution in [0.15, 0.2) is 35.6 Å². The highest BCUT2D eigenvalue weighted by atomic mass is 15.2. The van der Waals surface area contributed by atoms with Gasteiger partial charge in [0.15, 0.2) is 5.96 Å². The molecule has 2 N–H and O–H groups in total. The van der Waals surface area contributed by atoms with E-state index in [1.165, 1.54) is 0 Å². The number of pyridine rings is 1. The minimum absolute atomic E-state index is 0.575. The van der Waals surface area contributed by atoms with E-state index < -0.39 is 0 Å². The Hall–Kier alpha value is -2.08. The van der Waals surface area contributed by atoms with Crippen molar-refractivity contribution in [3.63, 3.8) is 0 Å². The first-order valence-electron chi connectivity index (χ1n) is 10.2. The minimum Gasteiger partial charge on any atom is -0.357 e. The van der Waals surface area contributed by atoms with Gasteiger partial charge in [0.25, 0.3) is 0 Å². The molecule has 0 saturated heterocycles. The van der Waals surface area contributed by atoms with Gasteiger partial charge in [0.05, 0.1) is 5.69 Å². The molecule has 27 heavy (non-hydrogen) atoms. The molecule has 2 heterocycles. The summed E-state index contributed by atoms with van der Waals surface area (Å²) in [6.45, 7) is 14.7. The summed E-state index contributed by atoms with van der Waals surface area (Å²) in [5.74, 6) is 0.891. The molecular formula is C21H36N6. The van der Waals surface area contributed by atoms with Crippen LogP contribution in [0, 0.1) is 0 Å². The number of fused-ring (bicyclic) bond motifs is 1. The Kier molecular flexibility index (Phi) is 8.58. The number of hydrogen-bond acceptors (Lipinski definition) is 3. The van der Waals surface area contributed by atoms with Crippen LogP contribution in [0.2, 0.25) is 0 Å². The molecule has 0 aliphatic heterocycles. The molecule has 0 saturated carbocycles. The van der Waals surface area contributed by atoms with Crippen LogP contribution in [0.5, 0.6) is 0 Å². The Bertz CT molecular complexity index is 663. The number of rotatable bonds is 10. The molecule has 0 spiro atoms. The summed E-state index contributed by atoms with van der Waals surface area (Å²) < 4.78 is 2.06. The maximum Gasteiger partial charge on any atom is 0.191 e. The number of aromatic nitrogens is 2. The summed E-state index contributed by atoms with van der Waals surface area (Å²) in [5.41, 5.74) is 2.09. The monoisotopic (exact) mass is 372 g/mol. The van der Waals surface area contributed by atoms with Gasteiger partial charge in [-0.15, -0.1) is 0 Å². The second-order valence-corrected chi connectivity index (χ2v) is 7.41. The number of nitrogens with one attached hydrogen (secondary N) is 2. The summed E-state index contributed by atoms with van der Waals surface area (Å²) in [4.78, 5) is 11.9. The molecule has 2 aromatic heterocycles. The highest BCUT2D eigenvalue weighted by Gasteiger charge is 2.12. The largest absolute Gasteiger partial charge is 0.357 e. The van der Waals surface area contributed by atoms with Crippen LogP contribution in [-0.4, -0.2) is 58.5 Å². The molecule has 0 radical (unpaired) electrons. The molecule has 0 unspecified atom stereocenters. The van der Waals surface area contributed by atoms with Gasteiger partial charge in [0.2, 0.25) is 0 Å². The van der Waals surface area contributed by atoms with Crippen molar-refractivity contribution in [1.82, 2.24) is 24.9 Å². The average Bonchev–Trinajstić information content (AvgIpc) is 3.03. The Morgan fingerprint density at radius 3 is 2.63 bits per heavy atom. The summed E-state index contributed by atoms with van der Waals surface area (Å²) in [6, 6.07) is 7.21. The van der Waals surface area contributed by atoms with E-state index in [9.17, 15) is 0 Å². The molecule has 6 nitrogen and oxygen atoms in total. The number of hydrogen-bond donors (Lipinski definition) is 2. The fourth-order valence-corrected chi connectivity index (χ4v) is 3.32. The average molecular weight is 373 g/mol. The van der Waals surface area contributed by atoms with E-state index in [1.54, 1.807) is 0 Å². The SMILES string of the molecule is CCNC(=NCCCN(C(C)C)C(C)C)NCCc1cn2ccccc2n1. The molecule has 0 amide bonds. The van der Waals surface area contributed by atoms with Crippen LogP contribution < -0.4 is 10.6 Å². The molecule has 0 fully saturated rings. The van der Waals surface area contributed by atoms with Crippen molar-refractivity contribution in [2.75, 3.05) is 26.2 Å². The van der Waals surface area contributed by atoms with Gasteiger partial charge in [-0.3, -0.25) is 9.89 Å². The van der Waals surface area contributed by atoms with E-state index in [1.807, 2.05) is 24.4 Å². The lowest BCUT2D eigenvalue weighted by molar-refractivity contribution is 0.174. The Labute approximate surface area is 164 Å². The molecule has 0 aliphatic carbocycles. The topological polar surface area (TPSA) is 57.0 Å². The molecule has 0 atom stereocenters. The van der Waals surface area contributed by atoms with E-state index in [0.29, 0.717) is 12.1 Å². The van der Waals surface area contributed by atoms with Gasteiger partial charge in [0.1, 0.15) is 5.65 Å². The fraction of sp³-hybridized carbons (Fsp3) is 0.619. The highest BCUT2D eigenvalue weighted by Crippen LogP contribution is 2.06.